The molecule has 0 bridgehead atoms. The van der Waals surface area contributed by atoms with Crippen LogP contribution < -0.4 is 10.2 Å². The molecule has 0 saturated heterocycles. The molecule has 500 valence electrons. The zero-order valence-electron chi connectivity index (χ0n) is 57.2. The van der Waals surface area contributed by atoms with E-state index >= 15 is 0 Å². The summed E-state index contributed by atoms with van der Waals surface area (Å²) in [5.74, 6) is -0.224. The summed E-state index contributed by atoms with van der Waals surface area (Å²) in [6.07, 6.45) is 101. The summed E-state index contributed by atoms with van der Waals surface area (Å²) in [6.45, 7) is 4.53. The predicted octanol–water partition coefficient (Wildman–Crippen LogP) is 22.8. The number of amides is 1. The van der Waals surface area contributed by atoms with E-state index < -0.39 is 26.6 Å². The van der Waals surface area contributed by atoms with Crippen molar-refractivity contribution in [3.8, 4) is 0 Å². The second kappa shape index (κ2) is 67.0. The lowest BCUT2D eigenvalue weighted by atomic mass is 10.0. The first kappa shape index (κ1) is 83.6. The average molecular weight is 1230 g/mol. The Bertz CT molecular complexity index is 1880. The minimum absolute atomic E-state index is 0.0130. The van der Waals surface area contributed by atoms with E-state index in [-0.39, 0.29) is 12.5 Å². The molecule has 0 aromatic rings. The van der Waals surface area contributed by atoms with Crippen LogP contribution in [0.4, 0.5) is 0 Å². The molecule has 0 aliphatic rings. The molecule has 0 aliphatic heterocycles. The highest BCUT2D eigenvalue weighted by atomic mass is 31.2. The Morgan fingerprint density at radius 3 is 1.02 bits per heavy atom. The van der Waals surface area contributed by atoms with E-state index in [2.05, 4.69) is 141 Å². The Hall–Kier alpha value is -3.36. The standard InChI is InChI=1S/C78H137N2O6P/c1-6-8-10-12-14-16-18-20-22-24-26-28-30-32-34-36-38-39-40-41-42-44-46-48-50-52-54-56-58-60-62-64-66-68-70-72-78(82)79-76(75-86-87(83,84)85-74-73-80(3,4)5)77(81)71-69-67-65-63-61-59-57-55-53-51-49-47-45-43-37-35-33-31-29-27-25-23-21-19-17-15-13-11-9-7-2/h8,10,14,16,20,22,26,28,32,34,38-39,41-42,46,48,52,54,58,60,69,71,76-77,81H,6-7,9,11-13,15,17-19,21,23-25,27,29-31,33,35-37,40,43-45,47,49-51,53,55-57,59,61-68,70,72-75H2,1-5H3,(H-,79,82,83,84)/b10-8-,16-14-,22-20-,28-26-,34-32-,39-38-,42-41-,48-46-,54-52-,60-58-,71-69+. The van der Waals surface area contributed by atoms with Crippen LogP contribution in [-0.4, -0.2) is 68.5 Å². The molecule has 0 radical (unpaired) electrons. The van der Waals surface area contributed by atoms with E-state index in [1.807, 2.05) is 27.2 Å². The quantitative estimate of drug-likeness (QED) is 0.0272. The lowest BCUT2D eigenvalue weighted by Crippen LogP contribution is -2.45. The van der Waals surface area contributed by atoms with Crippen molar-refractivity contribution in [3.05, 3.63) is 134 Å². The number of nitrogens with one attached hydrogen (secondary N) is 1. The minimum Gasteiger partial charge on any atom is -0.756 e. The van der Waals surface area contributed by atoms with Crippen LogP contribution in [0, 0.1) is 0 Å². The van der Waals surface area contributed by atoms with Crippen LogP contribution >= 0.6 is 7.82 Å². The highest BCUT2D eigenvalue weighted by Gasteiger charge is 2.23. The fourth-order valence-corrected chi connectivity index (χ4v) is 10.8. The van der Waals surface area contributed by atoms with Crippen molar-refractivity contribution in [1.29, 1.82) is 0 Å². The first-order valence-electron chi connectivity index (χ1n) is 36.0. The van der Waals surface area contributed by atoms with Crippen molar-refractivity contribution in [3.63, 3.8) is 0 Å². The summed E-state index contributed by atoms with van der Waals surface area (Å²) >= 11 is 0. The van der Waals surface area contributed by atoms with Gasteiger partial charge in [-0.3, -0.25) is 9.36 Å². The number of rotatable bonds is 65. The number of nitrogens with zero attached hydrogens (tertiary/aromatic N) is 1. The molecule has 1 amide bonds. The minimum atomic E-state index is -4.62. The van der Waals surface area contributed by atoms with Crippen LogP contribution in [0.25, 0.3) is 0 Å². The van der Waals surface area contributed by atoms with Crippen LogP contribution in [-0.2, 0) is 18.4 Å². The highest BCUT2D eigenvalue weighted by molar-refractivity contribution is 7.45. The zero-order valence-corrected chi connectivity index (χ0v) is 58.1. The Morgan fingerprint density at radius 2 is 0.701 bits per heavy atom. The largest absolute Gasteiger partial charge is 0.756 e. The monoisotopic (exact) mass is 1230 g/mol. The van der Waals surface area contributed by atoms with Gasteiger partial charge in [0.1, 0.15) is 13.2 Å². The fraction of sp³-hybridized carbons (Fsp3) is 0.705. The van der Waals surface area contributed by atoms with Crippen molar-refractivity contribution in [2.45, 2.75) is 315 Å². The average Bonchev–Trinajstić information content (AvgIpc) is 3.70. The van der Waals surface area contributed by atoms with Gasteiger partial charge in [0.25, 0.3) is 7.82 Å². The maximum atomic E-state index is 13.0. The van der Waals surface area contributed by atoms with Gasteiger partial charge in [0, 0.05) is 6.42 Å². The van der Waals surface area contributed by atoms with Crippen LogP contribution in [0.3, 0.4) is 0 Å². The van der Waals surface area contributed by atoms with E-state index in [9.17, 15) is 19.4 Å². The molecular formula is C78H137N2O6P. The number of phosphoric acid groups is 1. The van der Waals surface area contributed by atoms with Gasteiger partial charge in [-0.25, -0.2) is 0 Å². The van der Waals surface area contributed by atoms with Crippen LogP contribution in [0.1, 0.15) is 303 Å². The number of likely N-dealkylation sites (N-methyl/N-ethyl adjacent to an activating group) is 1. The lowest BCUT2D eigenvalue weighted by Gasteiger charge is -2.29. The van der Waals surface area contributed by atoms with Crippen molar-refractivity contribution in [2.75, 3.05) is 40.9 Å². The number of hydrogen-bond acceptors (Lipinski definition) is 6. The van der Waals surface area contributed by atoms with Gasteiger partial charge < -0.3 is 28.8 Å². The van der Waals surface area contributed by atoms with Crippen molar-refractivity contribution < 1.29 is 32.9 Å². The zero-order chi connectivity index (χ0) is 63.4. The van der Waals surface area contributed by atoms with E-state index in [0.717, 1.165) is 116 Å². The molecule has 87 heavy (non-hydrogen) atoms. The number of unbranched alkanes of at least 4 members (excludes halogenated alkanes) is 32. The number of phosphoric ester groups is 1. The number of aliphatic hydroxyl groups is 1. The topological polar surface area (TPSA) is 108 Å². The summed E-state index contributed by atoms with van der Waals surface area (Å²) in [6, 6.07) is -0.913. The molecule has 0 heterocycles. The molecule has 0 aromatic heterocycles. The second-order valence-corrected chi connectivity index (χ2v) is 26.6. The van der Waals surface area contributed by atoms with Crippen molar-refractivity contribution in [2.24, 2.45) is 0 Å². The summed E-state index contributed by atoms with van der Waals surface area (Å²) < 4.78 is 23.5. The van der Waals surface area contributed by atoms with E-state index in [1.54, 1.807) is 6.08 Å². The third-order valence-corrected chi connectivity index (χ3v) is 16.6. The van der Waals surface area contributed by atoms with Crippen molar-refractivity contribution >= 4 is 13.7 Å². The molecule has 0 aliphatic carbocycles. The summed E-state index contributed by atoms with van der Waals surface area (Å²) in [4.78, 5) is 25.6. The maximum Gasteiger partial charge on any atom is 0.268 e. The predicted molar refractivity (Wildman–Crippen MR) is 380 cm³/mol. The van der Waals surface area contributed by atoms with Gasteiger partial charge in [-0.05, 0) is 96.3 Å². The van der Waals surface area contributed by atoms with Crippen LogP contribution in [0.5, 0.6) is 0 Å². The second-order valence-electron chi connectivity index (χ2n) is 25.2. The van der Waals surface area contributed by atoms with Gasteiger partial charge in [-0.1, -0.05) is 334 Å². The first-order chi connectivity index (χ1) is 42.5. The normalized spacial score (nSPS) is 14.4. The lowest BCUT2D eigenvalue weighted by molar-refractivity contribution is -0.870. The molecule has 3 unspecified atom stereocenters. The van der Waals surface area contributed by atoms with Crippen LogP contribution in [0.15, 0.2) is 134 Å². The molecule has 0 aromatic carbocycles. The number of quaternary nitrogens is 1. The van der Waals surface area contributed by atoms with Gasteiger partial charge in [-0.15, -0.1) is 0 Å². The Kier molecular flexibility index (Phi) is 64.5. The first-order valence-corrected chi connectivity index (χ1v) is 37.5. The number of hydrogen-bond donors (Lipinski definition) is 2. The molecule has 2 N–H and O–H groups in total. The summed E-state index contributed by atoms with van der Waals surface area (Å²) in [7, 11) is 1.23. The molecule has 0 rings (SSSR count). The molecule has 0 spiro atoms. The Morgan fingerprint density at radius 1 is 0.414 bits per heavy atom. The van der Waals surface area contributed by atoms with Crippen molar-refractivity contribution in [1.82, 2.24) is 5.32 Å². The van der Waals surface area contributed by atoms with E-state index in [4.69, 9.17) is 9.05 Å². The smallest absolute Gasteiger partial charge is 0.268 e. The van der Waals surface area contributed by atoms with Gasteiger partial charge >= 0.3 is 0 Å². The maximum absolute atomic E-state index is 13.0. The van der Waals surface area contributed by atoms with Gasteiger partial charge in [0.05, 0.1) is 39.9 Å². The van der Waals surface area contributed by atoms with Gasteiger partial charge in [-0.2, -0.15) is 0 Å². The third kappa shape index (κ3) is 70.0. The Balaban J connectivity index is 4.19. The van der Waals surface area contributed by atoms with E-state index in [0.29, 0.717) is 17.4 Å². The third-order valence-electron chi connectivity index (χ3n) is 15.6. The fourth-order valence-electron chi connectivity index (χ4n) is 10.1. The van der Waals surface area contributed by atoms with Gasteiger partial charge in [0.15, 0.2) is 0 Å². The number of allylic oxidation sites excluding steroid dienone is 21. The number of aliphatic hydroxyl groups excluding tert-OH is 1. The molecule has 3 atom stereocenters. The molecule has 8 nitrogen and oxygen atoms in total. The number of carbonyl (C=O) groups is 1. The van der Waals surface area contributed by atoms with E-state index in [1.165, 1.54) is 167 Å². The molecule has 0 saturated carbocycles. The number of carbonyl (C=O) groups excluding carboxylic acids is 1. The molecular weight excluding hydrogens is 1090 g/mol. The van der Waals surface area contributed by atoms with Crippen LogP contribution in [0.2, 0.25) is 0 Å². The summed E-state index contributed by atoms with van der Waals surface area (Å²) in [5.41, 5.74) is 0. The SMILES string of the molecule is CC/C=C\C/C=C\C/C=C\C/C=C\C/C=C\C/C=C\C/C=C\C/C=C\C/C=C\C/C=C\CCCCCCC(=O)NC(COP(=O)([O-])OCC[N+](C)(C)C)C(O)/C=C/CCCCCCCCCCCCCCCCCCCCCCCCCCCCCC. The van der Waals surface area contributed by atoms with Gasteiger partial charge in [0.2, 0.25) is 5.91 Å². The molecule has 9 heteroatoms. The Labute approximate surface area is 538 Å². The summed E-state index contributed by atoms with van der Waals surface area (Å²) in [5, 5.41) is 14.0. The highest BCUT2D eigenvalue weighted by Crippen LogP contribution is 2.38. The molecule has 0 fully saturated rings.